The molecule has 11 heteroatoms. The van der Waals surface area contributed by atoms with Gasteiger partial charge in [0.1, 0.15) is 5.56 Å². The van der Waals surface area contributed by atoms with Gasteiger partial charge < -0.3 is 29.0 Å². The van der Waals surface area contributed by atoms with Gasteiger partial charge in [-0.15, -0.1) is 0 Å². The normalized spacial score (nSPS) is 11.2. The van der Waals surface area contributed by atoms with Crippen LogP contribution in [0.5, 0.6) is 23.0 Å². The Morgan fingerprint density at radius 1 is 0.970 bits per heavy atom. The summed E-state index contributed by atoms with van der Waals surface area (Å²) in [5.41, 5.74) is -0.219. The number of nitro benzene ring substituents is 1. The third-order valence-corrected chi connectivity index (χ3v) is 4.74. The maximum atomic E-state index is 13.1. The van der Waals surface area contributed by atoms with Crippen molar-refractivity contribution in [1.29, 1.82) is 0 Å². The van der Waals surface area contributed by atoms with Crippen LogP contribution in [-0.4, -0.2) is 51.8 Å². The lowest BCUT2D eigenvalue weighted by atomic mass is 10.0. The van der Waals surface area contributed by atoms with E-state index in [0.29, 0.717) is 17.1 Å². The number of benzene rings is 2. The number of nitrogens with one attached hydrogen (secondary N) is 1. The first kappa shape index (κ1) is 25.2. The molecule has 33 heavy (non-hydrogen) atoms. The van der Waals surface area contributed by atoms with Gasteiger partial charge in [-0.2, -0.15) is 0 Å². The van der Waals surface area contributed by atoms with Crippen LogP contribution in [0.2, 0.25) is 0 Å². The zero-order valence-electron chi connectivity index (χ0n) is 19.0. The SMILES string of the molecule is CCOc1cc([N+](=O)[O-])c(C(=O)NC(CC(=O)OC)c2ccc(OC)c(OC)c2)cc1OC. The number of carbonyl (C=O) groups is 2. The third kappa shape index (κ3) is 6.03. The first-order valence-corrected chi connectivity index (χ1v) is 9.88. The van der Waals surface area contributed by atoms with Crippen LogP contribution < -0.4 is 24.3 Å². The van der Waals surface area contributed by atoms with E-state index >= 15 is 0 Å². The van der Waals surface area contributed by atoms with E-state index in [9.17, 15) is 19.7 Å². The van der Waals surface area contributed by atoms with E-state index < -0.39 is 28.5 Å². The molecular weight excluding hydrogens is 436 g/mol. The summed E-state index contributed by atoms with van der Waals surface area (Å²) >= 11 is 0. The molecule has 0 aliphatic heterocycles. The first-order chi connectivity index (χ1) is 15.8. The van der Waals surface area contributed by atoms with Gasteiger partial charge in [0, 0.05) is 6.07 Å². The summed E-state index contributed by atoms with van der Waals surface area (Å²) in [5, 5.41) is 14.3. The molecule has 2 rings (SSSR count). The minimum absolute atomic E-state index is 0.134. The van der Waals surface area contributed by atoms with Gasteiger partial charge in [0.25, 0.3) is 11.6 Å². The lowest BCUT2D eigenvalue weighted by Gasteiger charge is -2.20. The van der Waals surface area contributed by atoms with Gasteiger partial charge in [-0.1, -0.05) is 6.07 Å². The number of rotatable bonds is 11. The van der Waals surface area contributed by atoms with Crippen molar-refractivity contribution in [3.63, 3.8) is 0 Å². The molecule has 0 aliphatic carbocycles. The van der Waals surface area contributed by atoms with Gasteiger partial charge in [0.2, 0.25) is 0 Å². The number of amides is 1. The molecule has 178 valence electrons. The number of ether oxygens (including phenoxy) is 5. The summed E-state index contributed by atoms with van der Waals surface area (Å²) in [4.78, 5) is 36.1. The van der Waals surface area contributed by atoms with Gasteiger partial charge in [-0.3, -0.25) is 19.7 Å². The summed E-state index contributed by atoms with van der Waals surface area (Å²) in [6, 6.07) is 6.34. The van der Waals surface area contributed by atoms with Crippen molar-refractivity contribution >= 4 is 17.6 Å². The number of nitrogens with zero attached hydrogens (tertiary/aromatic N) is 1. The monoisotopic (exact) mass is 462 g/mol. The summed E-state index contributed by atoms with van der Waals surface area (Å²) < 4.78 is 25.8. The van der Waals surface area contributed by atoms with Crippen LogP contribution >= 0.6 is 0 Å². The fourth-order valence-electron chi connectivity index (χ4n) is 3.12. The van der Waals surface area contributed by atoms with Crippen LogP contribution in [-0.2, 0) is 9.53 Å². The Balaban J connectivity index is 2.49. The standard InChI is InChI=1S/C22H26N2O9/c1-6-33-20-12-16(24(27)28)14(10-19(20)31-4)22(26)23-15(11-21(25)32-5)13-7-8-17(29-2)18(9-13)30-3/h7-10,12,15H,6,11H2,1-5H3,(H,23,26). The largest absolute Gasteiger partial charge is 0.493 e. The van der Waals surface area contributed by atoms with E-state index in [1.54, 1.807) is 25.1 Å². The van der Waals surface area contributed by atoms with Crippen LogP contribution in [0.25, 0.3) is 0 Å². The zero-order valence-corrected chi connectivity index (χ0v) is 19.0. The Labute approximate surface area is 190 Å². The number of hydrogen-bond donors (Lipinski definition) is 1. The van der Waals surface area contributed by atoms with Crippen molar-refractivity contribution in [2.24, 2.45) is 0 Å². The molecule has 0 heterocycles. The third-order valence-electron chi connectivity index (χ3n) is 4.74. The molecule has 0 radical (unpaired) electrons. The topological polar surface area (TPSA) is 135 Å². The highest BCUT2D eigenvalue weighted by Crippen LogP contribution is 2.36. The Kier molecular flexibility index (Phi) is 8.84. The number of esters is 1. The lowest BCUT2D eigenvalue weighted by molar-refractivity contribution is -0.385. The summed E-state index contributed by atoms with van der Waals surface area (Å²) in [6.45, 7) is 1.96. The molecule has 0 aromatic heterocycles. The van der Waals surface area contributed by atoms with Crippen LogP contribution in [0, 0.1) is 10.1 Å². The number of carbonyl (C=O) groups excluding carboxylic acids is 2. The number of nitro groups is 1. The maximum Gasteiger partial charge on any atom is 0.307 e. The Morgan fingerprint density at radius 3 is 2.15 bits per heavy atom. The van der Waals surface area contributed by atoms with E-state index in [-0.39, 0.29) is 30.1 Å². The molecule has 0 spiro atoms. The highest BCUT2D eigenvalue weighted by Gasteiger charge is 2.28. The molecule has 0 fully saturated rings. The van der Waals surface area contributed by atoms with Crippen LogP contribution in [0.15, 0.2) is 30.3 Å². The zero-order chi connectivity index (χ0) is 24.5. The highest BCUT2D eigenvalue weighted by molar-refractivity contribution is 5.99. The molecule has 0 bridgehead atoms. The molecule has 1 amide bonds. The predicted molar refractivity (Wildman–Crippen MR) is 117 cm³/mol. The molecule has 11 nitrogen and oxygen atoms in total. The van der Waals surface area contributed by atoms with Crippen molar-refractivity contribution in [2.75, 3.05) is 35.0 Å². The fourth-order valence-corrected chi connectivity index (χ4v) is 3.12. The Morgan fingerprint density at radius 2 is 1.61 bits per heavy atom. The Hall–Kier alpha value is -4.02. The van der Waals surface area contributed by atoms with E-state index in [1.807, 2.05) is 0 Å². The van der Waals surface area contributed by atoms with Crippen molar-refractivity contribution in [1.82, 2.24) is 5.32 Å². The lowest BCUT2D eigenvalue weighted by Crippen LogP contribution is -2.31. The molecular formula is C22H26N2O9. The smallest absolute Gasteiger partial charge is 0.307 e. The van der Waals surface area contributed by atoms with Crippen molar-refractivity contribution < 1.29 is 38.2 Å². The van der Waals surface area contributed by atoms with Gasteiger partial charge in [-0.25, -0.2) is 0 Å². The average molecular weight is 462 g/mol. The summed E-state index contributed by atoms with van der Waals surface area (Å²) in [5.74, 6) is -0.248. The van der Waals surface area contributed by atoms with E-state index in [4.69, 9.17) is 23.7 Å². The van der Waals surface area contributed by atoms with E-state index in [0.717, 1.165) is 6.07 Å². The molecule has 0 aliphatic rings. The number of methoxy groups -OCH3 is 4. The quantitative estimate of drug-likeness (QED) is 0.303. The molecule has 1 unspecified atom stereocenters. The van der Waals surface area contributed by atoms with Crippen LogP contribution in [0.1, 0.15) is 35.3 Å². The minimum atomic E-state index is -0.873. The molecule has 2 aromatic carbocycles. The second-order valence-corrected chi connectivity index (χ2v) is 6.63. The summed E-state index contributed by atoms with van der Waals surface area (Å²) in [6.07, 6.45) is -0.223. The van der Waals surface area contributed by atoms with E-state index in [1.165, 1.54) is 34.5 Å². The molecule has 1 N–H and O–H groups in total. The minimum Gasteiger partial charge on any atom is -0.493 e. The molecule has 1 atom stereocenters. The second-order valence-electron chi connectivity index (χ2n) is 6.63. The highest BCUT2D eigenvalue weighted by atomic mass is 16.6. The van der Waals surface area contributed by atoms with Gasteiger partial charge in [0.15, 0.2) is 23.0 Å². The van der Waals surface area contributed by atoms with Crippen molar-refractivity contribution in [3.05, 3.63) is 51.6 Å². The second kappa shape index (κ2) is 11.6. The molecule has 0 saturated heterocycles. The average Bonchev–Trinajstić information content (AvgIpc) is 2.82. The van der Waals surface area contributed by atoms with Gasteiger partial charge in [-0.05, 0) is 24.6 Å². The van der Waals surface area contributed by atoms with Gasteiger partial charge in [0.05, 0.1) is 58.5 Å². The predicted octanol–water partition coefficient (Wildman–Crippen LogP) is 3.05. The number of hydrogen-bond acceptors (Lipinski definition) is 9. The van der Waals surface area contributed by atoms with E-state index in [2.05, 4.69) is 5.32 Å². The Bertz CT molecular complexity index is 1020. The molecule has 2 aromatic rings. The first-order valence-electron chi connectivity index (χ1n) is 9.88. The molecule has 0 saturated carbocycles. The maximum absolute atomic E-state index is 13.1. The summed E-state index contributed by atoms with van der Waals surface area (Å²) in [7, 11) is 5.50. The van der Waals surface area contributed by atoms with Gasteiger partial charge >= 0.3 is 5.97 Å². The van der Waals surface area contributed by atoms with Crippen LogP contribution in [0.4, 0.5) is 5.69 Å². The van der Waals surface area contributed by atoms with Crippen molar-refractivity contribution in [2.45, 2.75) is 19.4 Å². The van der Waals surface area contributed by atoms with Crippen molar-refractivity contribution in [3.8, 4) is 23.0 Å². The van der Waals surface area contributed by atoms with Crippen LogP contribution in [0.3, 0.4) is 0 Å². The fraction of sp³-hybridized carbons (Fsp3) is 0.364.